The molecule has 0 fully saturated rings. The molecule has 0 saturated heterocycles. The standard InChI is InChI=1S/C8H11ClN2O/c1-5-6(4-12)7(10-2)3-8(9)11-5/h3,12H,4H2,1-2H3,(H,10,11). The van der Waals surface area contributed by atoms with Crippen molar-refractivity contribution in [2.24, 2.45) is 0 Å². The number of aliphatic hydroxyl groups is 1. The summed E-state index contributed by atoms with van der Waals surface area (Å²) in [5.74, 6) is 0. The minimum Gasteiger partial charge on any atom is -0.392 e. The Bertz CT molecular complexity index is 289. The molecule has 2 N–H and O–H groups in total. The number of rotatable bonds is 2. The van der Waals surface area contributed by atoms with E-state index in [9.17, 15) is 0 Å². The number of nitrogens with zero attached hydrogens (tertiary/aromatic N) is 1. The van der Waals surface area contributed by atoms with Crippen LogP contribution in [0, 0.1) is 6.92 Å². The molecule has 0 aliphatic carbocycles. The van der Waals surface area contributed by atoms with E-state index in [4.69, 9.17) is 16.7 Å². The van der Waals surface area contributed by atoms with E-state index in [1.165, 1.54) is 0 Å². The maximum absolute atomic E-state index is 9.00. The van der Waals surface area contributed by atoms with Crippen LogP contribution in [-0.2, 0) is 6.61 Å². The minimum atomic E-state index is -0.0217. The van der Waals surface area contributed by atoms with Crippen LogP contribution < -0.4 is 5.32 Å². The maximum atomic E-state index is 9.00. The second kappa shape index (κ2) is 3.74. The summed E-state index contributed by atoms with van der Waals surface area (Å²) in [7, 11) is 1.78. The van der Waals surface area contributed by atoms with Gasteiger partial charge in [0.05, 0.1) is 6.61 Å². The predicted molar refractivity (Wildman–Crippen MR) is 49.5 cm³/mol. The highest BCUT2D eigenvalue weighted by atomic mass is 35.5. The molecule has 4 heteroatoms. The highest BCUT2D eigenvalue weighted by Crippen LogP contribution is 2.21. The molecule has 0 aliphatic rings. The van der Waals surface area contributed by atoms with Gasteiger partial charge in [0, 0.05) is 24.0 Å². The fourth-order valence-electron chi connectivity index (χ4n) is 1.08. The van der Waals surface area contributed by atoms with Gasteiger partial charge < -0.3 is 10.4 Å². The Balaban J connectivity index is 3.24. The maximum Gasteiger partial charge on any atom is 0.131 e. The van der Waals surface area contributed by atoms with Gasteiger partial charge in [0.15, 0.2) is 0 Å². The van der Waals surface area contributed by atoms with E-state index in [1.807, 2.05) is 6.92 Å². The first kappa shape index (κ1) is 9.29. The van der Waals surface area contributed by atoms with Crippen LogP contribution in [0.25, 0.3) is 0 Å². The molecule has 0 atom stereocenters. The molecule has 0 bridgehead atoms. The molecule has 12 heavy (non-hydrogen) atoms. The first-order chi connectivity index (χ1) is 5.69. The van der Waals surface area contributed by atoms with Gasteiger partial charge in [-0.05, 0) is 13.0 Å². The third-order valence-electron chi connectivity index (χ3n) is 1.73. The molecule has 0 unspecified atom stereocenters. The van der Waals surface area contributed by atoms with Crippen molar-refractivity contribution >= 4 is 17.3 Å². The van der Waals surface area contributed by atoms with Crippen molar-refractivity contribution in [3.8, 4) is 0 Å². The lowest BCUT2D eigenvalue weighted by Gasteiger charge is -2.09. The Morgan fingerprint density at radius 3 is 2.83 bits per heavy atom. The summed E-state index contributed by atoms with van der Waals surface area (Å²) < 4.78 is 0. The van der Waals surface area contributed by atoms with Gasteiger partial charge in [-0.15, -0.1) is 0 Å². The van der Waals surface area contributed by atoms with E-state index < -0.39 is 0 Å². The summed E-state index contributed by atoms with van der Waals surface area (Å²) in [5, 5.41) is 12.4. The Hall–Kier alpha value is -0.800. The third-order valence-corrected chi connectivity index (χ3v) is 1.92. The van der Waals surface area contributed by atoms with Crippen molar-refractivity contribution < 1.29 is 5.11 Å². The average molecular weight is 187 g/mol. The zero-order chi connectivity index (χ0) is 9.14. The molecular weight excluding hydrogens is 176 g/mol. The quantitative estimate of drug-likeness (QED) is 0.690. The Morgan fingerprint density at radius 1 is 1.67 bits per heavy atom. The van der Waals surface area contributed by atoms with E-state index in [2.05, 4.69) is 10.3 Å². The summed E-state index contributed by atoms with van der Waals surface area (Å²) in [6.07, 6.45) is 0. The molecule has 0 aromatic carbocycles. The number of pyridine rings is 1. The Morgan fingerprint density at radius 2 is 2.33 bits per heavy atom. The van der Waals surface area contributed by atoms with Crippen LogP contribution in [-0.4, -0.2) is 17.1 Å². The number of hydrogen-bond acceptors (Lipinski definition) is 3. The van der Waals surface area contributed by atoms with Crippen molar-refractivity contribution in [1.82, 2.24) is 4.98 Å². The van der Waals surface area contributed by atoms with Crippen molar-refractivity contribution in [3.05, 3.63) is 22.5 Å². The van der Waals surface area contributed by atoms with Crippen molar-refractivity contribution in [2.45, 2.75) is 13.5 Å². The number of hydrogen-bond donors (Lipinski definition) is 2. The summed E-state index contributed by atoms with van der Waals surface area (Å²) in [5.41, 5.74) is 2.38. The summed E-state index contributed by atoms with van der Waals surface area (Å²) in [6.45, 7) is 1.80. The molecule has 1 aromatic heterocycles. The van der Waals surface area contributed by atoms with Gasteiger partial charge in [0.1, 0.15) is 5.15 Å². The number of aliphatic hydroxyl groups excluding tert-OH is 1. The van der Waals surface area contributed by atoms with Crippen LogP contribution in [0.15, 0.2) is 6.07 Å². The van der Waals surface area contributed by atoms with E-state index in [-0.39, 0.29) is 6.61 Å². The first-order valence-electron chi connectivity index (χ1n) is 3.63. The van der Waals surface area contributed by atoms with E-state index >= 15 is 0 Å². The number of halogens is 1. The fraction of sp³-hybridized carbons (Fsp3) is 0.375. The van der Waals surface area contributed by atoms with Crippen LogP contribution in [0.5, 0.6) is 0 Å². The van der Waals surface area contributed by atoms with Crippen LogP contribution >= 0.6 is 11.6 Å². The number of nitrogens with one attached hydrogen (secondary N) is 1. The molecule has 0 radical (unpaired) electrons. The van der Waals surface area contributed by atoms with Gasteiger partial charge in [-0.3, -0.25) is 0 Å². The van der Waals surface area contributed by atoms with Gasteiger partial charge in [0.2, 0.25) is 0 Å². The number of aromatic nitrogens is 1. The Labute approximate surface area is 76.4 Å². The zero-order valence-electron chi connectivity index (χ0n) is 7.06. The van der Waals surface area contributed by atoms with Gasteiger partial charge in [-0.25, -0.2) is 4.98 Å². The highest BCUT2D eigenvalue weighted by Gasteiger charge is 2.05. The molecule has 1 heterocycles. The SMILES string of the molecule is CNc1cc(Cl)nc(C)c1CO. The summed E-state index contributed by atoms with van der Waals surface area (Å²) in [4.78, 5) is 4.02. The average Bonchev–Trinajstić information content (AvgIpc) is 2.03. The van der Waals surface area contributed by atoms with Crippen molar-refractivity contribution in [3.63, 3.8) is 0 Å². The smallest absolute Gasteiger partial charge is 0.131 e. The van der Waals surface area contributed by atoms with E-state index in [0.29, 0.717) is 5.15 Å². The second-order valence-corrected chi connectivity index (χ2v) is 2.85. The highest BCUT2D eigenvalue weighted by molar-refractivity contribution is 6.29. The number of aryl methyl sites for hydroxylation is 1. The largest absolute Gasteiger partial charge is 0.392 e. The third kappa shape index (κ3) is 1.68. The molecule has 0 aliphatic heterocycles. The lowest BCUT2D eigenvalue weighted by Crippen LogP contribution is -2.00. The predicted octanol–water partition coefficient (Wildman–Crippen LogP) is 1.58. The van der Waals surface area contributed by atoms with Crippen LogP contribution in [0.3, 0.4) is 0 Å². The summed E-state index contributed by atoms with van der Waals surface area (Å²) in [6, 6.07) is 1.69. The van der Waals surface area contributed by atoms with Crippen molar-refractivity contribution in [1.29, 1.82) is 0 Å². The van der Waals surface area contributed by atoms with Crippen LogP contribution in [0.1, 0.15) is 11.3 Å². The monoisotopic (exact) mass is 186 g/mol. The topological polar surface area (TPSA) is 45.2 Å². The lowest BCUT2D eigenvalue weighted by molar-refractivity contribution is 0.281. The summed E-state index contributed by atoms with van der Waals surface area (Å²) >= 11 is 5.73. The van der Waals surface area contributed by atoms with E-state index in [1.54, 1.807) is 13.1 Å². The molecule has 1 aromatic rings. The second-order valence-electron chi connectivity index (χ2n) is 2.46. The van der Waals surface area contributed by atoms with E-state index in [0.717, 1.165) is 16.9 Å². The zero-order valence-corrected chi connectivity index (χ0v) is 7.81. The molecule has 0 amide bonds. The number of anilines is 1. The Kier molecular flexibility index (Phi) is 2.89. The van der Waals surface area contributed by atoms with Crippen LogP contribution in [0.4, 0.5) is 5.69 Å². The van der Waals surface area contributed by atoms with Gasteiger partial charge in [0.25, 0.3) is 0 Å². The first-order valence-corrected chi connectivity index (χ1v) is 4.01. The molecular formula is C8H11ClN2O. The molecule has 66 valence electrons. The fourth-order valence-corrected chi connectivity index (χ4v) is 1.32. The van der Waals surface area contributed by atoms with Crippen molar-refractivity contribution in [2.75, 3.05) is 12.4 Å². The van der Waals surface area contributed by atoms with Crippen LogP contribution in [0.2, 0.25) is 5.15 Å². The molecule has 3 nitrogen and oxygen atoms in total. The molecule has 1 rings (SSSR count). The molecule has 0 saturated carbocycles. The molecule has 0 spiro atoms. The van der Waals surface area contributed by atoms with Gasteiger partial charge in [-0.2, -0.15) is 0 Å². The lowest BCUT2D eigenvalue weighted by atomic mass is 10.2. The van der Waals surface area contributed by atoms with Gasteiger partial charge >= 0.3 is 0 Å². The minimum absolute atomic E-state index is 0.0217. The normalized spacial score (nSPS) is 10.0. The van der Waals surface area contributed by atoms with Gasteiger partial charge in [-0.1, -0.05) is 11.6 Å².